The Morgan fingerprint density at radius 1 is 0.844 bits per heavy atom. The fourth-order valence-electron chi connectivity index (χ4n) is 2.42. The number of aromatic nitrogens is 4. The molecule has 0 N–H and O–H groups in total. The minimum Gasteiger partial charge on any atom is -0.350 e. The molecule has 2 aromatic rings. The average molecular weight is 489 g/mol. The van der Waals surface area contributed by atoms with Gasteiger partial charge in [0.25, 0.3) is 0 Å². The molecule has 0 amide bonds. The van der Waals surface area contributed by atoms with Crippen molar-refractivity contribution in [2.75, 3.05) is 39.9 Å². The number of ether oxygens (including phenoxy) is 4. The predicted octanol–water partition coefficient (Wildman–Crippen LogP) is 3.22. The summed E-state index contributed by atoms with van der Waals surface area (Å²) in [4.78, 5) is 16.2. The van der Waals surface area contributed by atoms with Gasteiger partial charge < -0.3 is 18.9 Å². The lowest BCUT2D eigenvalue weighted by atomic mass is 10.4. The molecule has 0 saturated carbocycles. The lowest BCUT2D eigenvalue weighted by Crippen LogP contribution is -2.14. The summed E-state index contributed by atoms with van der Waals surface area (Å²) in [5.41, 5.74) is 1.15. The van der Waals surface area contributed by atoms with Crippen molar-refractivity contribution in [3.63, 3.8) is 0 Å². The second-order valence-corrected chi connectivity index (χ2v) is 9.37. The van der Waals surface area contributed by atoms with Crippen molar-refractivity contribution in [2.45, 2.75) is 49.6 Å². The third-order valence-corrected chi connectivity index (χ3v) is 6.60. The van der Waals surface area contributed by atoms with Gasteiger partial charge >= 0.3 is 0 Å². The van der Waals surface area contributed by atoms with E-state index in [0.717, 1.165) is 23.0 Å². The maximum absolute atomic E-state index is 11.8. The molecule has 0 atom stereocenters. The van der Waals surface area contributed by atoms with Crippen LogP contribution in [0.1, 0.15) is 50.7 Å². The van der Waals surface area contributed by atoms with Gasteiger partial charge in [0, 0.05) is 46.6 Å². The number of thioether (sulfide) groups is 1. The Morgan fingerprint density at radius 2 is 1.38 bits per heavy atom. The van der Waals surface area contributed by atoms with Gasteiger partial charge in [0.2, 0.25) is 27.6 Å². The minimum atomic E-state index is -3.42. The lowest BCUT2D eigenvalue weighted by Gasteiger charge is -2.12. The Morgan fingerprint density at radius 3 is 1.88 bits per heavy atom. The number of nitrogens with zero attached hydrogens (tertiary/aromatic N) is 4. The van der Waals surface area contributed by atoms with Crippen LogP contribution in [0.4, 0.5) is 0 Å². The van der Waals surface area contributed by atoms with Crippen molar-refractivity contribution in [1.82, 2.24) is 19.9 Å². The first-order valence-corrected chi connectivity index (χ1v) is 12.6. The van der Waals surface area contributed by atoms with Gasteiger partial charge in [-0.1, -0.05) is 25.6 Å². The maximum atomic E-state index is 11.8. The molecule has 0 bridgehead atoms. The first kappa shape index (κ1) is 28.3. The highest BCUT2D eigenvalue weighted by atomic mass is 32.2. The van der Waals surface area contributed by atoms with Gasteiger partial charge in [0.15, 0.2) is 5.16 Å². The Balaban J connectivity index is 0.000000323. The Labute approximate surface area is 194 Å². The van der Waals surface area contributed by atoms with Crippen LogP contribution in [0.3, 0.4) is 0 Å². The quantitative estimate of drug-likeness (QED) is 0.248. The SMILES string of the molecule is CCCS(=O)(=O)c1nccc(C(OC)OC)n1.CCCSc1nccc(C(OC)OC)n1. The molecule has 0 aliphatic carbocycles. The van der Waals surface area contributed by atoms with Crippen molar-refractivity contribution < 1.29 is 27.4 Å². The molecule has 0 saturated heterocycles. The first-order valence-electron chi connectivity index (χ1n) is 9.99. The van der Waals surface area contributed by atoms with E-state index >= 15 is 0 Å². The van der Waals surface area contributed by atoms with Gasteiger partial charge in [-0.3, -0.25) is 0 Å². The van der Waals surface area contributed by atoms with E-state index in [0.29, 0.717) is 12.1 Å². The van der Waals surface area contributed by atoms with E-state index in [9.17, 15) is 8.42 Å². The molecule has 2 heterocycles. The van der Waals surface area contributed by atoms with Crippen molar-refractivity contribution >= 4 is 21.6 Å². The molecule has 2 rings (SSSR count). The summed E-state index contributed by atoms with van der Waals surface area (Å²) in [7, 11) is 2.68. The van der Waals surface area contributed by atoms with Crippen molar-refractivity contribution in [1.29, 1.82) is 0 Å². The van der Waals surface area contributed by atoms with Crippen molar-refractivity contribution in [3.05, 3.63) is 35.9 Å². The third kappa shape index (κ3) is 9.04. The van der Waals surface area contributed by atoms with Crippen molar-refractivity contribution in [2.24, 2.45) is 0 Å². The fourth-order valence-corrected chi connectivity index (χ4v) is 4.30. The number of sulfone groups is 1. The lowest BCUT2D eigenvalue weighted by molar-refractivity contribution is -0.109. The normalized spacial score (nSPS) is 11.5. The molecule has 0 radical (unpaired) electrons. The Hall–Kier alpha value is -1.70. The van der Waals surface area contributed by atoms with Crippen LogP contribution < -0.4 is 0 Å². The average Bonchev–Trinajstić information content (AvgIpc) is 2.80. The summed E-state index contributed by atoms with van der Waals surface area (Å²) < 4.78 is 43.8. The molecule has 2 aromatic heterocycles. The highest BCUT2D eigenvalue weighted by Crippen LogP contribution is 2.19. The van der Waals surface area contributed by atoms with E-state index in [4.69, 9.17) is 18.9 Å². The van der Waals surface area contributed by atoms with Crippen LogP contribution in [0.5, 0.6) is 0 Å². The van der Waals surface area contributed by atoms with Gasteiger partial charge in [-0.05, 0) is 25.0 Å². The number of rotatable bonds is 12. The Kier molecular flexibility index (Phi) is 13.5. The molecular formula is C20H32N4O6S2. The van der Waals surface area contributed by atoms with E-state index in [2.05, 4.69) is 26.9 Å². The van der Waals surface area contributed by atoms with Crippen LogP contribution in [0.15, 0.2) is 34.8 Å². The summed E-state index contributed by atoms with van der Waals surface area (Å²) >= 11 is 1.64. The van der Waals surface area contributed by atoms with Crippen LogP contribution in [-0.2, 0) is 28.8 Å². The second-order valence-electron chi connectivity index (χ2n) is 6.30. The molecule has 32 heavy (non-hydrogen) atoms. The summed E-state index contributed by atoms with van der Waals surface area (Å²) in [6.07, 6.45) is 3.65. The van der Waals surface area contributed by atoms with Crippen LogP contribution >= 0.6 is 11.8 Å². The van der Waals surface area contributed by atoms with Gasteiger partial charge in [0.1, 0.15) is 11.4 Å². The zero-order chi connectivity index (χ0) is 24.0. The van der Waals surface area contributed by atoms with Crippen LogP contribution in [0.25, 0.3) is 0 Å². The van der Waals surface area contributed by atoms with Crippen LogP contribution in [0.2, 0.25) is 0 Å². The van der Waals surface area contributed by atoms with E-state index in [1.54, 1.807) is 51.2 Å². The number of methoxy groups -OCH3 is 4. The summed E-state index contributed by atoms with van der Waals surface area (Å²) in [5.74, 6) is 1.05. The molecule has 0 aliphatic heterocycles. The predicted molar refractivity (Wildman–Crippen MR) is 121 cm³/mol. The molecule has 0 unspecified atom stereocenters. The highest BCUT2D eigenvalue weighted by Gasteiger charge is 2.19. The molecule has 0 aliphatic rings. The highest BCUT2D eigenvalue weighted by molar-refractivity contribution is 7.99. The van der Waals surface area contributed by atoms with Crippen LogP contribution in [0, 0.1) is 0 Å². The summed E-state index contributed by atoms with van der Waals surface area (Å²) in [5, 5.41) is 0.587. The molecule has 180 valence electrons. The molecule has 12 heteroatoms. The summed E-state index contributed by atoms with van der Waals surface area (Å²) in [6.45, 7) is 3.92. The first-order chi connectivity index (χ1) is 15.4. The topological polar surface area (TPSA) is 123 Å². The third-order valence-electron chi connectivity index (χ3n) is 3.84. The van der Waals surface area contributed by atoms with E-state index < -0.39 is 22.4 Å². The maximum Gasteiger partial charge on any atom is 0.247 e. The Bertz CT molecular complexity index is 893. The minimum absolute atomic E-state index is 0.0289. The van der Waals surface area contributed by atoms with E-state index in [1.165, 1.54) is 20.4 Å². The van der Waals surface area contributed by atoms with E-state index in [-0.39, 0.29) is 10.9 Å². The smallest absolute Gasteiger partial charge is 0.247 e. The fraction of sp³-hybridized carbons (Fsp3) is 0.600. The van der Waals surface area contributed by atoms with E-state index in [1.807, 2.05) is 0 Å². The molecule has 0 aromatic carbocycles. The van der Waals surface area contributed by atoms with Gasteiger partial charge in [0.05, 0.1) is 5.75 Å². The van der Waals surface area contributed by atoms with Gasteiger partial charge in [-0.25, -0.2) is 28.4 Å². The largest absolute Gasteiger partial charge is 0.350 e. The summed E-state index contributed by atoms with van der Waals surface area (Å²) in [6, 6.07) is 3.36. The molecule has 10 nitrogen and oxygen atoms in total. The molecule has 0 fully saturated rings. The molecule has 0 spiro atoms. The van der Waals surface area contributed by atoms with Gasteiger partial charge in [-0.15, -0.1) is 0 Å². The van der Waals surface area contributed by atoms with Crippen molar-refractivity contribution in [3.8, 4) is 0 Å². The number of hydrogen-bond acceptors (Lipinski definition) is 11. The zero-order valence-corrected chi connectivity index (χ0v) is 21.0. The zero-order valence-electron chi connectivity index (χ0n) is 19.3. The monoisotopic (exact) mass is 488 g/mol. The van der Waals surface area contributed by atoms with Gasteiger partial charge in [-0.2, -0.15) is 0 Å². The number of hydrogen-bond donors (Lipinski definition) is 0. The molecular weight excluding hydrogens is 456 g/mol. The van der Waals surface area contributed by atoms with Crippen LogP contribution in [-0.4, -0.2) is 68.3 Å². The second kappa shape index (κ2) is 15.2. The standard InChI is InChI=1S/C10H16N2O4S.C10H16N2O2S/c1-4-7-17(13,14)10-11-6-5-8(12-10)9(15-2)16-3;1-4-7-15-10-11-6-5-8(12-10)9(13-2)14-3/h5-6,9H,4,7H2,1-3H3;5-6,9H,4,7H2,1-3H3.